The molecule has 0 radical (unpaired) electrons. The lowest BCUT2D eigenvalue weighted by Gasteiger charge is -2.24. The van der Waals surface area contributed by atoms with Crippen molar-refractivity contribution in [1.29, 1.82) is 0 Å². The molecule has 1 aliphatic rings. The van der Waals surface area contributed by atoms with Gasteiger partial charge in [0.15, 0.2) is 0 Å². The van der Waals surface area contributed by atoms with Crippen LogP contribution in [-0.2, 0) is 4.79 Å². The molecular weight excluding hydrogens is 282 g/mol. The highest BCUT2D eigenvalue weighted by atomic mass is 35.5. The summed E-state index contributed by atoms with van der Waals surface area (Å²) >= 11 is 8.41. The zero-order chi connectivity index (χ0) is 12.5. The fourth-order valence-corrected chi connectivity index (χ4v) is 3.86. The Morgan fingerprint density at radius 1 is 1.47 bits per heavy atom. The number of thioether (sulfide) groups is 1. The molecule has 1 atom stereocenters. The topological polar surface area (TPSA) is 66.4 Å². The van der Waals surface area contributed by atoms with Gasteiger partial charge in [-0.1, -0.05) is 11.6 Å². The first-order chi connectivity index (χ1) is 8.03. The number of thiophene rings is 1. The average molecular weight is 292 g/mol. The number of nitrogens with one attached hydrogen (secondary N) is 1. The van der Waals surface area contributed by atoms with Crippen molar-refractivity contribution in [2.75, 3.05) is 11.5 Å². The molecule has 1 aliphatic heterocycles. The van der Waals surface area contributed by atoms with Crippen LogP contribution < -0.4 is 5.32 Å². The lowest BCUT2D eigenvalue weighted by molar-refractivity contribution is -0.143. The van der Waals surface area contributed by atoms with Crippen molar-refractivity contribution < 1.29 is 14.7 Å². The highest BCUT2D eigenvalue weighted by Crippen LogP contribution is 2.29. The van der Waals surface area contributed by atoms with Gasteiger partial charge in [-0.15, -0.1) is 11.3 Å². The van der Waals surface area contributed by atoms with Gasteiger partial charge in [-0.25, -0.2) is 4.79 Å². The second-order valence-corrected chi connectivity index (χ2v) is 6.57. The van der Waals surface area contributed by atoms with Crippen LogP contribution in [0.15, 0.2) is 12.1 Å². The quantitative estimate of drug-likeness (QED) is 0.895. The van der Waals surface area contributed by atoms with Crippen molar-refractivity contribution in [1.82, 2.24) is 5.32 Å². The fraction of sp³-hybridized carbons (Fsp3) is 0.400. The number of halogens is 1. The Bertz CT molecular complexity index is 454. The number of carboxylic acid groups (broad SMARTS) is 1. The van der Waals surface area contributed by atoms with E-state index in [4.69, 9.17) is 11.6 Å². The molecule has 7 heteroatoms. The van der Waals surface area contributed by atoms with Crippen molar-refractivity contribution in [3.8, 4) is 0 Å². The van der Waals surface area contributed by atoms with E-state index in [-0.39, 0.29) is 5.91 Å². The van der Waals surface area contributed by atoms with E-state index in [9.17, 15) is 14.7 Å². The van der Waals surface area contributed by atoms with Crippen molar-refractivity contribution in [2.24, 2.45) is 0 Å². The van der Waals surface area contributed by atoms with Crippen LogP contribution in [0.2, 0.25) is 4.34 Å². The summed E-state index contributed by atoms with van der Waals surface area (Å²) in [5, 5.41) is 11.8. The molecule has 0 saturated carbocycles. The minimum absolute atomic E-state index is 0.369. The Morgan fingerprint density at radius 2 is 2.24 bits per heavy atom. The zero-order valence-electron chi connectivity index (χ0n) is 8.73. The summed E-state index contributed by atoms with van der Waals surface area (Å²) in [5.74, 6) is -0.185. The third-order valence-corrected chi connectivity index (χ3v) is 5.00. The van der Waals surface area contributed by atoms with E-state index >= 15 is 0 Å². The lowest BCUT2D eigenvalue weighted by Crippen LogP contribution is -2.54. The SMILES string of the molecule is O=C(NC1(C(=O)O)CCSC1)c1ccc(Cl)s1. The number of amides is 1. The second kappa shape index (κ2) is 4.88. The molecular formula is C10H10ClNO3S2. The van der Waals surface area contributed by atoms with Gasteiger partial charge < -0.3 is 10.4 Å². The van der Waals surface area contributed by atoms with Gasteiger partial charge in [0.05, 0.1) is 9.21 Å². The average Bonchev–Trinajstić information content (AvgIpc) is 2.87. The van der Waals surface area contributed by atoms with Gasteiger partial charge in [0.1, 0.15) is 5.54 Å². The smallest absolute Gasteiger partial charge is 0.330 e. The minimum atomic E-state index is -1.13. The molecule has 0 aromatic carbocycles. The van der Waals surface area contributed by atoms with Gasteiger partial charge in [0.2, 0.25) is 0 Å². The molecule has 1 aromatic rings. The first-order valence-corrected chi connectivity index (χ1v) is 7.27. The molecule has 2 rings (SSSR count). The molecule has 2 heterocycles. The first kappa shape index (κ1) is 12.7. The van der Waals surface area contributed by atoms with Crippen LogP contribution in [0, 0.1) is 0 Å². The molecule has 1 saturated heterocycles. The number of carboxylic acids is 1. The van der Waals surface area contributed by atoms with E-state index in [1.165, 1.54) is 11.8 Å². The number of rotatable bonds is 3. The zero-order valence-corrected chi connectivity index (χ0v) is 11.1. The van der Waals surface area contributed by atoms with E-state index < -0.39 is 11.5 Å². The summed E-state index contributed by atoms with van der Waals surface area (Å²) in [6.07, 6.45) is 0.456. The van der Waals surface area contributed by atoms with Crippen LogP contribution in [0.25, 0.3) is 0 Å². The number of carbonyl (C=O) groups excluding carboxylic acids is 1. The molecule has 0 aliphatic carbocycles. The molecule has 1 amide bonds. The van der Waals surface area contributed by atoms with Gasteiger partial charge in [0, 0.05) is 5.75 Å². The van der Waals surface area contributed by atoms with Crippen LogP contribution in [0.1, 0.15) is 16.1 Å². The molecule has 4 nitrogen and oxygen atoms in total. The van der Waals surface area contributed by atoms with Crippen molar-refractivity contribution >= 4 is 46.6 Å². The summed E-state index contributed by atoms with van der Waals surface area (Å²) in [6.45, 7) is 0. The van der Waals surface area contributed by atoms with Gasteiger partial charge in [-0.05, 0) is 24.3 Å². The Kier molecular flexibility index (Phi) is 3.65. The highest BCUT2D eigenvalue weighted by molar-refractivity contribution is 7.99. The number of hydrogen-bond donors (Lipinski definition) is 2. The van der Waals surface area contributed by atoms with Crippen molar-refractivity contribution in [2.45, 2.75) is 12.0 Å². The Hall–Kier alpha value is -0.720. The summed E-state index contributed by atoms with van der Waals surface area (Å²) < 4.78 is 0.514. The van der Waals surface area contributed by atoms with Crippen LogP contribution in [0.3, 0.4) is 0 Å². The Morgan fingerprint density at radius 3 is 2.71 bits per heavy atom. The molecule has 1 unspecified atom stereocenters. The molecule has 1 aromatic heterocycles. The predicted molar refractivity (Wildman–Crippen MR) is 69.1 cm³/mol. The van der Waals surface area contributed by atoms with Crippen LogP contribution in [0.5, 0.6) is 0 Å². The maximum Gasteiger partial charge on any atom is 0.330 e. The van der Waals surface area contributed by atoms with Crippen molar-refractivity contribution in [3.63, 3.8) is 0 Å². The predicted octanol–water partition coefficient (Wildman–Crippen LogP) is 2.09. The van der Waals surface area contributed by atoms with Gasteiger partial charge in [0.25, 0.3) is 5.91 Å². The fourth-order valence-electron chi connectivity index (χ4n) is 1.60. The molecule has 0 spiro atoms. The lowest BCUT2D eigenvalue weighted by atomic mass is 9.99. The van der Waals surface area contributed by atoms with Gasteiger partial charge in [-0.2, -0.15) is 11.8 Å². The van der Waals surface area contributed by atoms with Crippen LogP contribution in [0.4, 0.5) is 0 Å². The maximum atomic E-state index is 11.9. The third-order valence-electron chi connectivity index (χ3n) is 2.58. The molecule has 17 heavy (non-hydrogen) atoms. The van der Waals surface area contributed by atoms with E-state index in [0.717, 1.165) is 17.1 Å². The monoisotopic (exact) mass is 291 g/mol. The number of carbonyl (C=O) groups is 2. The van der Waals surface area contributed by atoms with E-state index in [1.54, 1.807) is 12.1 Å². The van der Waals surface area contributed by atoms with E-state index in [2.05, 4.69) is 5.32 Å². The van der Waals surface area contributed by atoms with Gasteiger partial charge >= 0.3 is 5.97 Å². The third kappa shape index (κ3) is 2.59. The molecule has 2 N–H and O–H groups in total. The summed E-state index contributed by atoms with van der Waals surface area (Å²) in [5.41, 5.74) is -1.13. The second-order valence-electron chi connectivity index (χ2n) is 3.75. The minimum Gasteiger partial charge on any atom is -0.479 e. The Balaban J connectivity index is 2.14. The standard InChI is InChI=1S/C10H10ClNO3S2/c11-7-2-1-6(17-7)8(13)12-10(9(14)15)3-4-16-5-10/h1-2H,3-5H2,(H,12,13)(H,14,15). The Labute approximate surface area is 111 Å². The van der Waals surface area contributed by atoms with Crippen LogP contribution >= 0.6 is 34.7 Å². The maximum absolute atomic E-state index is 11.9. The van der Waals surface area contributed by atoms with E-state index in [1.807, 2.05) is 0 Å². The van der Waals surface area contributed by atoms with Gasteiger partial charge in [-0.3, -0.25) is 4.79 Å². The summed E-state index contributed by atoms with van der Waals surface area (Å²) in [6, 6.07) is 3.22. The molecule has 0 bridgehead atoms. The first-order valence-electron chi connectivity index (χ1n) is 4.92. The van der Waals surface area contributed by atoms with E-state index in [0.29, 0.717) is 21.4 Å². The molecule has 92 valence electrons. The largest absolute Gasteiger partial charge is 0.479 e. The highest BCUT2D eigenvalue weighted by Gasteiger charge is 2.43. The number of hydrogen-bond acceptors (Lipinski definition) is 4. The number of aliphatic carboxylic acids is 1. The summed E-state index contributed by atoms with van der Waals surface area (Å²) in [7, 11) is 0. The van der Waals surface area contributed by atoms with Crippen LogP contribution in [-0.4, -0.2) is 34.0 Å². The van der Waals surface area contributed by atoms with Crippen molar-refractivity contribution in [3.05, 3.63) is 21.3 Å². The normalized spacial score (nSPS) is 23.6. The summed E-state index contributed by atoms with van der Waals surface area (Å²) in [4.78, 5) is 23.6. The molecule has 1 fully saturated rings.